The highest BCUT2D eigenvalue weighted by atomic mass is 32.1. The van der Waals surface area contributed by atoms with Gasteiger partial charge < -0.3 is 24.2 Å². The minimum atomic E-state index is -0.510. The molecule has 0 bridgehead atoms. The van der Waals surface area contributed by atoms with Gasteiger partial charge in [0.1, 0.15) is 5.56 Å². The topological polar surface area (TPSA) is 90.2 Å². The van der Waals surface area contributed by atoms with Crippen LogP contribution >= 0.6 is 12.2 Å². The number of ether oxygens (including phenoxy) is 3. The zero-order valence-corrected chi connectivity index (χ0v) is 20.1. The fraction of sp³-hybridized carbons (Fsp3) is 0.231. The Balaban J connectivity index is 1.65. The Morgan fingerprint density at radius 1 is 1.17 bits per heavy atom. The molecule has 0 aliphatic carbocycles. The van der Waals surface area contributed by atoms with Gasteiger partial charge in [-0.05, 0) is 35.3 Å². The lowest BCUT2D eigenvalue weighted by Crippen LogP contribution is -3.10. The molecule has 3 heterocycles. The lowest BCUT2D eigenvalue weighted by molar-refractivity contribution is -0.908. The summed E-state index contributed by atoms with van der Waals surface area (Å²) in [6.45, 7) is 0.864. The van der Waals surface area contributed by atoms with Crippen molar-refractivity contribution < 1.29 is 24.2 Å². The zero-order valence-electron chi connectivity index (χ0n) is 19.3. The molecule has 6 rings (SSSR count). The average molecular weight is 491 g/mol. The molecule has 178 valence electrons. The van der Waals surface area contributed by atoms with Crippen LogP contribution in [0.15, 0.2) is 53.3 Å². The third-order valence-electron chi connectivity index (χ3n) is 6.93. The minimum Gasteiger partial charge on any atom is -0.494 e. The van der Waals surface area contributed by atoms with Gasteiger partial charge in [-0.3, -0.25) is 14.3 Å². The van der Waals surface area contributed by atoms with E-state index in [1.165, 1.54) is 4.57 Å². The average Bonchev–Trinajstić information content (AvgIpc) is 3.32. The highest BCUT2D eigenvalue weighted by Gasteiger charge is 2.41. The van der Waals surface area contributed by atoms with Crippen LogP contribution in [0, 0.1) is 4.77 Å². The highest BCUT2D eigenvalue weighted by Crippen LogP contribution is 2.48. The molecule has 9 heteroatoms. The predicted molar refractivity (Wildman–Crippen MR) is 133 cm³/mol. The maximum atomic E-state index is 13.4. The summed E-state index contributed by atoms with van der Waals surface area (Å²) < 4.78 is 18.8. The molecule has 2 atom stereocenters. The Morgan fingerprint density at radius 3 is 2.80 bits per heavy atom. The van der Waals surface area contributed by atoms with Gasteiger partial charge in [-0.25, -0.2) is 0 Å². The molecule has 0 amide bonds. The number of H-pyrrole nitrogens is 1. The Labute approximate surface area is 205 Å². The van der Waals surface area contributed by atoms with Crippen LogP contribution in [-0.4, -0.2) is 42.2 Å². The number of rotatable bonds is 3. The van der Waals surface area contributed by atoms with Crippen molar-refractivity contribution in [3.8, 4) is 28.8 Å². The van der Waals surface area contributed by atoms with Crippen molar-refractivity contribution in [3.05, 3.63) is 80.3 Å². The summed E-state index contributed by atoms with van der Waals surface area (Å²) in [7, 11) is 3.58. The molecule has 0 saturated carbocycles. The first-order valence-electron chi connectivity index (χ1n) is 11.4. The maximum Gasteiger partial charge on any atom is 0.265 e. The number of hydrogen-bond donors (Lipinski definition) is 3. The van der Waals surface area contributed by atoms with E-state index in [2.05, 4.69) is 4.98 Å². The van der Waals surface area contributed by atoms with E-state index >= 15 is 0 Å². The van der Waals surface area contributed by atoms with E-state index in [4.69, 9.17) is 26.4 Å². The highest BCUT2D eigenvalue weighted by molar-refractivity contribution is 7.71. The van der Waals surface area contributed by atoms with E-state index in [1.807, 2.05) is 55.6 Å². The first-order chi connectivity index (χ1) is 17.0. The first kappa shape index (κ1) is 21.7. The standard InChI is InChI=1S/C26H23N3O5S/c1-28-11-10-15-12-18-22(34-13-33-18)23(32-2)19(15)21(28)20-24(30)27-26(35)29(25(20)31)17-9-5-7-14-6-3-4-8-16(14)17/h3-9,12,21,31H,10-11,13H2,1-2H3,(H,27,30,35)/p+1/t21-/m1/s1. The van der Waals surface area contributed by atoms with Crippen LogP contribution in [0.4, 0.5) is 0 Å². The van der Waals surface area contributed by atoms with Crippen LogP contribution in [0.1, 0.15) is 22.7 Å². The van der Waals surface area contributed by atoms with Crippen molar-refractivity contribution in [2.24, 2.45) is 0 Å². The van der Waals surface area contributed by atoms with Gasteiger partial charge in [0.15, 0.2) is 22.3 Å². The fourth-order valence-electron chi connectivity index (χ4n) is 5.34. The third-order valence-corrected chi connectivity index (χ3v) is 7.22. The van der Waals surface area contributed by atoms with Gasteiger partial charge >= 0.3 is 0 Å². The van der Waals surface area contributed by atoms with Crippen molar-refractivity contribution in [1.29, 1.82) is 0 Å². The molecule has 8 nitrogen and oxygen atoms in total. The van der Waals surface area contributed by atoms with Crippen LogP contribution in [-0.2, 0) is 6.42 Å². The summed E-state index contributed by atoms with van der Waals surface area (Å²) in [5.41, 5.74) is 2.29. The summed E-state index contributed by atoms with van der Waals surface area (Å²) in [4.78, 5) is 17.2. The summed E-state index contributed by atoms with van der Waals surface area (Å²) in [5.74, 6) is 1.48. The van der Waals surface area contributed by atoms with Gasteiger partial charge in [-0.1, -0.05) is 36.4 Å². The molecular weight excluding hydrogens is 466 g/mol. The molecule has 3 N–H and O–H groups in total. The summed E-state index contributed by atoms with van der Waals surface area (Å²) in [6.07, 6.45) is 0.770. The molecule has 2 aliphatic rings. The van der Waals surface area contributed by atoms with Gasteiger partial charge in [0.05, 0.1) is 32.0 Å². The Hall–Kier alpha value is -3.82. The van der Waals surface area contributed by atoms with Crippen molar-refractivity contribution in [2.75, 3.05) is 27.5 Å². The van der Waals surface area contributed by atoms with Crippen molar-refractivity contribution >= 4 is 23.0 Å². The SMILES string of the molecule is COc1c2c(cc3c1[C@H](c1c(O)n(-c4cccc5ccccc45)c(=S)[nH]c1=O)[NH+](C)CC3)OCO2. The second-order valence-electron chi connectivity index (χ2n) is 8.83. The van der Waals surface area contributed by atoms with Crippen LogP contribution in [0.5, 0.6) is 23.1 Å². The molecular formula is C26H24N3O5S+. The van der Waals surface area contributed by atoms with Crippen LogP contribution in [0.25, 0.3) is 16.5 Å². The smallest absolute Gasteiger partial charge is 0.265 e. The van der Waals surface area contributed by atoms with Crippen molar-refractivity contribution in [2.45, 2.75) is 12.5 Å². The van der Waals surface area contributed by atoms with Gasteiger partial charge in [-0.15, -0.1) is 0 Å². The van der Waals surface area contributed by atoms with E-state index in [0.29, 0.717) is 22.9 Å². The second kappa shape index (κ2) is 8.14. The molecule has 2 aliphatic heterocycles. The summed E-state index contributed by atoms with van der Waals surface area (Å²) in [5, 5.41) is 13.6. The van der Waals surface area contributed by atoms with E-state index in [0.717, 1.165) is 39.8 Å². The lowest BCUT2D eigenvalue weighted by Gasteiger charge is -2.33. The number of likely N-dealkylation sites (N-methyl/N-ethyl adjacent to an activating group) is 1. The molecule has 4 aromatic rings. The van der Waals surface area contributed by atoms with Crippen molar-refractivity contribution in [3.63, 3.8) is 0 Å². The van der Waals surface area contributed by atoms with Crippen LogP contribution < -0.4 is 24.7 Å². The van der Waals surface area contributed by atoms with E-state index in [9.17, 15) is 9.90 Å². The van der Waals surface area contributed by atoms with Crippen LogP contribution in [0.2, 0.25) is 0 Å². The lowest BCUT2D eigenvalue weighted by atomic mass is 9.87. The summed E-state index contributed by atoms with van der Waals surface area (Å²) >= 11 is 5.53. The third kappa shape index (κ3) is 3.23. The Morgan fingerprint density at radius 2 is 1.97 bits per heavy atom. The van der Waals surface area contributed by atoms with Gasteiger partial charge in [0, 0.05) is 11.8 Å². The molecule has 1 unspecified atom stereocenters. The number of fused-ring (bicyclic) bond motifs is 3. The molecule has 0 saturated heterocycles. The van der Waals surface area contributed by atoms with E-state index < -0.39 is 11.6 Å². The molecule has 3 aromatic carbocycles. The number of aromatic amines is 1. The number of quaternary nitrogens is 1. The summed E-state index contributed by atoms with van der Waals surface area (Å²) in [6, 6.07) is 15.1. The number of methoxy groups -OCH3 is 1. The van der Waals surface area contributed by atoms with Crippen LogP contribution in [0.3, 0.4) is 0 Å². The van der Waals surface area contributed by atoms with Gasteiger partial charge in [-0.2, -0.15) is 0 Å². The molecule has 35 heavy (non-hydrogen) atoms. The molecule has 0 radical (unpaired) electrons. The number of aromatic hydroxyl groups is 1. The normalized spacial score (nSPS) is 18.5. The number of hydrogen-bond acceptors (Lipinski definition) is 6. The Bertz CT molecular complexity index is 1600. The first-order valence-corrected chi connectivity index (χ1v) is 11.8. The molecule has 1 aromatic heterocycles. The predicted octanol–water partition coefficient (Wildman–Crippen LogP) is 2.65. The molecule has 0 spiro atoms. The number of aromatic nitrogens is 2. The van der Waals surface area contributed by atoms with E-state index in [-0.39, 0.29) is 23.0 Å². The van der Waals surface area contributed by atoms with Crippen molar-refractivity contribution in [1.82, 2.24) is 9.55 Å². The molecule has 0 fully saturated rings. The largest absolute Gasteiger partial charge is 0.494 e. The Kier molecular flexibility index (Phi) is 5.05. The number of nitrogens with one attached hydrogen (secondary N) is 2. The minimum absolute atomic E-state index is 0.111. The quantitative estimate of drug-likeness (QED) is 0.383. The number of benzene rings is 3. The number of nitrogens with zero attached hydrogens (tertiary/aromatic N) is 1. The van der Waals surface area contributed by atoms with E-state index in [1.54, 1.807) is 7.11 Å². The van der Waals surface area contributed by atoms with Gasteiger partial charge in [0.2, 0.25) is 18.4 Å². The maximum absolute atomic E-state index is 13.4. The van der Waals surface area contributed by atoms with Gasteiger partial charge in [0.25, 0.3) is 5.56 Å². The zero-order chi connectivity index (χ0) is 24.3. The fourth-order valence-corrected chi connectivity index (χ4v) is 5.62. The monoisotopic (exact) mass is 490 g/mol. The second-order valence-corrected chi connectivity index (χ2v) is 9.21.